The fourth-order valence-electron chi connectivity index (χ4n) is 6.48. The Bertz CT molecular complexity index is 780. The zero-order valence-corrected chi connectivity index (χ0v) is 17.5. The maximum Gasteiger partial charge on any atom is 0.272 e. The second-order valence-electron chi connectivity index (χ2n) is 10.2. The van der Waals surface area contributed by atoms with Crippen LogP contribution < -0.4 is 5.32 Å². The lowest BCUT2D eigenvalue weighted by Crippen LogP contribution is -2.54. The molecule has 2 saturated carbocycles. The van der Waals surface area contributed by atoms with Gasteiger partial charge in [-0.25, -0.2) is 0 Å². The van der Waals surface area contributed by atoms with Gasteiger partial charge in [0.1, 0.15) is 5.69 Å². The lowest BCUT2D eigenvalue weighted by molar-refractivity contribution is -0.0125. The van der Waals surface area contributed by atoms with Crippen molar-refractivity contribution in [1.82, 2.24) is 20.0 Å². The van der Waals surface area contributed by atoms with Gasteiger partial charge in [0.05, 0.1) is 0 Å². The largest absolute Gasteiger partial charge is 0.347 e. The average molecular weight is 383 g/mol. The lowest BCUT2D eigenvalue weighted by Gasteiger charge is -2.57. The van der Waals surface area contributed by atoms with Crippen molar-refractivity contribution in [3.8, 4) is 0 Å². The van der Waals surface area contributed by atoms with Gasteiger partial charge in [-0.2, -0.15) is 5.10 Å². The number of aromatic nitrogens is 2. The number of allylic oxidation sites excluding steroid dienone is 1. The average Bonchev–Trinajstić information content (AvgIpc) is 3.24. The van der Waals surface area contributed by atoms with Crippen molar-refractivity contribution < 1.29 is 4.79 Å². The van der Waals surface area contributed by atoms with Gasteiger partial charge in [-0.3, -0.25) is 14.4 Å². The molecule has 1 aromatic heterocycles. The van der Waals surface area contributed by atoms with Crippen LogP contribution in [0, 0.1) is 29.1 Å². The van der Waals surface area contributed by atoms with Crippen LogP contribution in [0.3, 0.4) is 0 Å². The molecule has 5 heteroatoms. The minimum Gasteiger partial charge on any atom is -0.347 e. The Morgan fingerprint density at radius 3 is 2.64 bits per heavy atom. The predicted molar refractivity (Wildman–Crippen MR) is 110 cm³/mol. The van der Waals surface area contributed by atoms with E-state index in [1.165, 1.54) is 25.7 Å². The van der Waals surface area contributed by atoms with E-state index in [4.69, 9.17) is 0 Å². The van der Waals surface area contributed by atoms with Crippen molar-refractivity contribution >= 4 is 5.91 Å². The van der Waals surface area contributed by atoms with E-state index in [0.29, 0.717) is 29.0 Å². The first-order valence-electron chi connectivity index (χ1n) is 11.2. The number of nitrogens with one attached hydrogen (secondary N) is 1. The van der Waals surface area contributed by atoms with Crippen LogP contribution >= 0.6 is 0 Å². The van der Waals surface area contributed by atoms with Crippen LogP contribution in [0.2, 0.25) is 0 Å². The molecule has 1 saturated heterocycles. The fourth-order valence-corrected chi connectivity index (χ4v) is 6.48. The molecule has 5 nitrogen and oxygen atoms in total. The molecule has 6 rings (SSSR count). The number of rotatable bonds is 5. The van der Waals surface area contributed by atoms with Gasteiger partial charge in [0.15, 0.2) is 0 Å². The number of carbonyl (C=O) groups excluding carboxylic acids is 1. The molecule has 1 unspecified atom stereocenters. The minimum absolute atomic E-state index is 0.000187. The minimum atomic E-state index is -0.000187. The maximum atomic E-state index is 12.7. The number of amides is 1. The molecule has 0 radical (unpaired) electrons. The van der Waals surface area contributed by atoms with Crippen LogP contribution in [0.1, 0.15) is 56.9 Å². The van der Waals surface area contributed by atoms with Crippen molar-refractivity contribution in [1.29, 1.82) is 0 Å². The van der Waals surface area contributed by atoms with E-state index >= 15 is 0 Å². The highest BCUT2D eigenvalue weighted by Gasteiger charge is 2.51. The third kappa shape index (κ3) is 2.94. The third-order valence-corrected chi connectivity index (χ3v) is 8.39. The van der Waals surface area contributed by atoms with Crippen molar-refractivity contribution in [2.45, 2.75) is 59.0 Å². The Balaban J connectivity index is 1.21. The van der Waals surface area contributed by atoms with Gasteiger partial charge in [-0.1, -0.05) is 25.5 Å². The molecular formula is C23H34N4O. The summed E-state index contributed by atoms with van der Waals surface area (Å²) in [5, 5.41) is 7.70. The molecule has 0 aromatic carbocycles. The summed E-state index contributed by atoms with van der Waals surface area (Å²) in [6.45, 7) is 11.2. The van der Waals surface area contributed by atoms with Gasteiger partial charge in [0, 0.05) is 38.4 Å². The molecule has 28 heavy (non-hydrogen) atoms. The maximum absolute atomic E-state index is 12.7. The van der Waals surface area contributed by atoms with Crippen LogP contribution in [0.15, 0.2) is 23.9 Å². The summed E-state index contributed by atoms with van der Waals surface area (Å²) in [6.07, 6.45) is 9.60. The molecule has 1 aliphatic heterocycles. The second-order valence-corrected chi connectivity index (χ2v) is 10.2. The molecule has 4 aliphatic carbocycles. The third-order valence-electron chi connectivity index (χ3n) is 8.39. The number of likely N-dealkylation sites (tertiary alicyclic amines) is 1. The van der Waals surface area contributed by atoms with E-state index in [2.05, 4.69) is 35.2 Å². The highest BCUT2D eigenvalue weighted by Crippen LogP contribution is 2.59. The quantitative estimate of drug-likeness (QED) is 0.795. The van der Waals surface area contributed by atoms with E-state index in [9.17, 15) is 4.79 Å². The van der Waals surface area contributed by atoms with Crippen molar-refractivity contribution in [3.63, 3.8) is 0 Å². The summed E-state index contributed by atoms with van der Waals surface area (Å²) < 4.78 is 1.82. The first-order valence-corrected chi connectivity index (χ1v) is 11.2. The normalized spacial score (nSPS) is 36.0. The van der Waals surface area contributed by atoms with Gasteiger partial charge >= 0.3 is 0 Å². The van der Waals surface area contributed by atoms with E-state index in [1.54, 1.807) is 5.57 Å². The monoisotopic (exact) mass is 382 g/mol. The summed E-state index contributed by atoms with van der Waals surface area (Å²) in [5.41, 5.74) is 2.76. The van der Waals surface area contributed by atoms with Crippen molar-refractivity contribution in [3.05, 3.63) is 29.6 Å². The van der Waals surface area contributed by atoms with E-state index in [1.807, 2.05) is 23.9 Å². The Hall–Kier alpha value is -1.62. The summed E-state index contributed by atoms with van der Waals surface area (Å²) in [4.78, 5) is 15.3. The van der Waals surface area contributed by atoms with Crippen molar-refractivity contribution in [2.75, 3.05) is 19.6 Å². The molecule has 1 amide bonds. The number of hydrogen-bond donors (Lipinski definition) is 1. The van der Waals surface area contributed by atoms with Crippen LogP contribution in [0.4, 0.5) is 0 Å². The van der Waals surface area contributed by atoms with E-state index in [-0.39, 0.29) is 5.91 Å². The Morgan fingerprint density at radius 1 is 1.29 bits per heavy atom. The predicted octanol–water partition coefficient (Wildman–Crippen LogP) is 3.34. The number of nitrogens with zero attached hydrogens (tertiary/aromatic N) is 3. The molecule has 5 atom stereocenters. The van der Waals surface area contributed by atoms with Gasteiger partial charge in [-0.05, 0) is 67.8 Å². The fraction of sp³-hybridized carbons (Fsp3) is 0.739. The first-order chi connectivity index (χ1) is 13.5. The number of hydrogen-bond acceptors (Lipinski definition) is 3. The van der Waals surface area contributed by atoms with Crippen LogP contribution in [-0.4, -0.2) is 46.3 Å². The second kappa shape index (κ2) is 6.72. The van der Waals surface area contributed by atoms with Gasteiger partial charge in [-0.15, -0.1) is 0 Å². The topological polar surface area (TPSA) is 50.2 Å². The Kier molecular flexibility index (Phi) is 4.42. The van der Waals surface area contributed by atoms with E-state index in [0.717, 1.165) is 38.0 Å². The Morgan fingerprint density at radius 2 is 2.04 bits per heavy atom. The number of piperidine rings is 1. The van der Waals surface area contributed by atoms with Crippen LogP contribution in [0.25, 0.3) is 0 Å². The summed E-state index contributed by atoms with van der Waals surface area (Å²) >= 11 is 0. The highest BCUT2D eigenvalue weighted by molar-refractivity contribution is 5.92. The molecule has 1 aromatic rings. The number of carbonyl (C=O) groups is 1. The summed E-state index contributed by atoms with van der Waals surface area (Å²) in [6, 6.07) is 2.15. The Labute approximate surface area is 168 Å². The van der Waals surface area contributed by atoms with Gasteiger partial charge in [0.25, 0.3) is 5.91 Å². The summed E-state index contributed by atoms with van der Waals surface area (Å²) in [7, 11) is 0. The molecule has 3 fully saturated rings. The van der Waals surface area contributed by atoms with Crippen LogP contribution in [-0.2, 0) is 6.54 Å². The summed E-state index contributed by atoms with van der Waals surface area (Å²) in [5.74, 6) is 2.88. The van der Waals surface area contributed by atoms with Crippen LogP contribution in [0.5, 0.6) is 0 Å². The molecule has 4 bridgehead atoms. The molecule has 5 aliphatic rings. The molecule has 152 valence electrons. The zero-order chi connectivity index (χ0) is 19.5. The smallest absolute Gasteiger partial charge is 0.272 e. The molecular weight excluding hydrogens is 348 g/mol. The molecule has 0 spiro atoms. The van der Waals surface area contributed by atoms with E-state index < -0.39 is 0 Å². The number of aryl methyl sites for hydroxylation is 1. The molecule has 1 N–H and O–H groups in total. The lowest BCUT2D eigenvalue weighted by atomic mass is 9.49. The van der Waals surface area contributed by atoms with Gasteiger partial charge < -0.3 is 5.32 Å². The number of fused-ring (bicyclic) bond motifs is 3. The zero-order valence-electron chi connectivity index (χ0n) is 17.5. The highest BCUT2D eigenvalue weighted by atomic mass is 16.2. The van der Waals surface area contributed by atoms with Crippen molar-refractivity contribution in [2.24, 2.45) is 29.1 Å². The molecule has 2 heterocycles. The first kappa shape index (κ1) is 18.4. The standard InChI is InChI=1S/C23H34N4O/c1-4-27-10-9-20(25-27)22(28)24-21-16-5-6-17(21)14-26(13-16)12-15-7-8-18-11-19(15)23(18,2)3/h7,9-10,16-19,21H,4-6,8,11-14H2,1-3H3,(H,24,28)/t16-,17+,18-,19-,21?/m0/s1. The van der Waals surface area contributed by atoms with Gasteiger partial charge in [0.2, 0.25) is 0 Å². The SMILES string of the molecule is CCn1ccc(C(=O)NC2[C@@H]3CC[C@H]2CN(CC2=CC[C@H]4C[C@@H]2C4(C)C)C3)n1.